The lowest BCUT2D eigenvalue weighted by molar-refractivity contribution is 0.0731. The molecule has 0 spiro atoms. The zero-order valence-electron chi connectivity index (χ0n) is 8.17. The average molecular weight is 357 g/mol. The van der Waals surface area contributed by atoms with Crippen molar-refractivity contribution >= 4 is 49.1 Å². The topological polar surface area (TPSA) is 40.5 Å². The van der Waals surface area contributed by atoms with Crippen LogP contribution in [0.25, 0.3) is 0 Å². The van der Waals surface area contributed by atoms with Crippen LogP contribution in [0.4, 0.5) is 0 Å². The van der Waals surface area contributed by atoms with Crippen molar-refractivity contribution in [1.82, 2.24) is 4.90 Å². The van der Waals surface area contributed by atoms with Gasteiger partial charge in [-0.05, 0) is 44.8 Å². The van der Waals surface area contributed by atoms with E-state index in [9.17, 15) is 4.79 Å². The fourth-order valence-corrected chi connectivity index (χ4v) is 3.96. The van der Waals surface area contributed by atoms with Crippen LogP contribution >= 0.6 is 43.2 Å². The van der Waals surface area contributed by atoms with E-state index in [4.69, 9.17) is 5.11 Å². The second-order valence-electron chi connectivity index (χ2n) is 2.85. The monoisotopic (exact) mass is 355 g/mol. The van der Waals surface area contributed by atoms with Gasteiger partial charge in [-0.2, -0.15) is 0 Å². The molecule has 1 aromatic rings. The number of aliphatic hydroxyl groups excluding tert-OH is 1. The van der Waals surface area contributed by atoms with Gasteiger partial charge in [0, 0.05) is 13.1 Å². The first-order valence-corrected chi connectivity index (χ1v) is 6.85. The number of hydrogen-bond acceptors (Lipinski definition) is 3. The number of nitrogens with zero attached hydrogens (tertiary/aromatic N) is 1. The summed E-state index contributed by atoms with van der Waals surface area (Å²) in [7, 11) is 0. The number of amides is 1. The number of aliphatic hydroxyl groups is 1. The molecule has 1 rings (SSSR count). The third-order valence-corrected chi connectivity index (χ3v) is 4.27. The molecular weight excluding hydrogens is 346 g/mol. The van der Waals surface area contributed by atoms with Crippen molar-refractivity contribution in [3.8, 4) is 0 Å². The van der Waals surface area contributed by atoms with Gasteiger partial charge in [0.1, 0.15) is 0 Å². The highest BCUT2D eigenvalue weighted by molar-refractivity contribution is 9.12. The van der Waals surface area contributed by atoms with Crippen LogP contribution in [0, 0.1) is 0 Å². The lowest BCUT2D eigenvalue weighted by atomic mass is 10.3. The van der Waals surface area contributed by atoms with Crippen molar-refractivity contribution < 1.29 is 9.90 Å². The lowest BCUT2D eigenvalue weighted by Gasteiger charge is -2.19. The molecule has 0 saturated carbocycles. The Balaban J connectivity index is 2.87. The summed E-state index contributed by atoms with van der Waals surface area (Å²) in [6.45, 7) is 2.85. The molecule has 0 atom stereocenters. The van der Waals surface area contributed by atoms with Crippen LogP contribution in [-0.4, -0.2) is 35.6 Å². The van der Waals surface area contributed by atoms with E-state index in [1.54, 1.807) is 11.0 Å². The summed E-state index contributed by atoms with van der Waals surface area (Å²) in [6.07, 6.45) is 0. The van der Waals surface area contributed by atoms with Gasteiger partial charge in [-0.15, -0.1) is 11.3 Å². The highest BCUT2D eigenvalue weighted by Gasteiger charge is 2.18. The molecule has 0 aliphatic rings. The van der Waals surface area contributed by atoms with E-state index in [0.29, 0.717) is 18.7 Å². The second kappa shape index (κ2) is 5.98. The molecule has 84 valence electrons. The first kappa shape index (κ1) is 13.2. The van der Waals surface area contributed by atoms with Crippen molar-refractivity contribution in [2.45, 2.75) is 6.92 Å². The Bertz CT molecular complexity index is 354. The Morgan fingerprint density at radius 3 is 2.67 bits per heavy atom. The molecule has 0 saturated heterocycles. The van der Waals surface area contributed by atoms with Gasteiger partial charge in [0.2, 0.25) is 0 Å². The molecule has 1 heterocycles. The van der Waals surface area contributed by atoms with Crippen LogP contribution in [0.3, 0.4) is 0 Å². The normalized spacial score (nSPS) is 10.4. The fraction of sp³-hybridized carbons (Fsp3) is 0.444. The largest absolute Gasteiger partial charge is 0.395 e. The molecule has 0 fully saturated rings. The van der Waals surface area contributed by atoms with E-state index in [2.05, 4.69) is 31.9 Å². The van der Waals surface area contributed by atoms with Gasteiger partial charge < -0.3 is 10.0 Å². The summed E-state index contributed by atoms with van der Waals surface area (Å²) in [5.74, 6) is -0.0552. The summed E-state index contributed by atoms with van der Waals surface area (Å²) < 4.78 is 1.73. The van der Waals surface area contributed by atoms with Crippen molar-refractivity contribution in [2.24, 2.45) is 0 Å². The van der Waals surface area contributed by atoms with Crippen LogP contribution in [-0.2, 0) is 0 Å². The predicted octanol–water partition coefficient (Wildman–Crippen LogP) is 2.73. The molecule has 15 heavy (non-hydrogen) atoms. The molecule has 6 heteroatoms. The quantitative estimate of drug-likeness (QED) is 0.901. The van der Waals surface area contributed by atoms with Crippen molar-refractivity contribution in [3.05, 3.63) is 19.2 Å². The minimum Gasteiger partial charge on any atom is -0.395 e. The van der Waals surface area contributed by atoms with Gasteiger partial charge in [0.15, 0.2) is 0 Å². The van der Waals surface area contributed by atoms with Crippen LogP contribution < -0.4 is 0 Å². The van der Waals surface area contributed by atoms with Crippen LogP contribution in [0.15, 0.2) is 13.6 Å². The Morgan fingerprint density at radius 2 is 2.27 bits per heavy atom. The fourth-order valence-electron chi connectivity index (χ4n) is 1.18. The molecule has 3 nitrogen and oxygen atoms in total. The van der Waals surface area contributed by atoms with Gasteiger partial charge >= 0.3 is 0 Å². The Hall–Kier alpha value is 0.0900. The van der Waals surface area contributed by atoms with Crippen molar-refractivity contribution in [2.75, 3.05) is 19.7 Å². The Kier molecular flexibility index (Phi) is 5.25. The maximum Gasteiger partial charge on any atom is 0.255 e. The van der Waals surface area contributed by atoms with Crippen molar-refractivity contribution in [3.63, 3.8) is 0 Å². The predicted molar refractivity (Wildman–Crippen MR) is 68.4 cm³/mol. The minimum atomic E-state index is -0.0552. The van der Waals surface area contributed by atoms with Gasteiger partial charge in [-0.1, -0.05) is 0 Å². The maximum absolute atomic E-state index is 12.0. The summed E-state index contributed by atoms with van der Waals surface area (Å²) in [4.78, 5) is 13.6. The van der Waals surface area contributed by atoms with E-state index in [1.807, 2.05) is 6.92 Å². The zero-order valence-corrected chi connectivity index (χ0v) is 12.2. The third-order valence-electron chi connectivity index (χ3n) is 1.93. The van der Waals surface area contributed by atoms with Gasteiger partial charge in [0.05, 0.1) is 19.7 Å². The number of rotatable bonds is 4. The minimum absolute atomic E-state index is 0.0114. The SMILES string of the molecule is CCN(CCO)C(=O)c1cc(Br)sc1Br. The standard InChI is InChI=1S/C9H11Br2NO2S/c1-2-12(3-4-13)9(14)6-5-7(10)15-8(6)11/h5,13H,2-4H2,1H3. The molecule has 0 unspecified atom stereocenters. The van der Waals surface area contributed by atoms with Crippen molar-refractivity contribution in [1.29, 1.82) is 0 Å². The van der Waals surface area contributed by atoms with E-state index in [1.165, 1.54) is 11.3 Å². The van der Waals surface area contributed by atoms with E-state index in [-0.39, 0.29) is 12.5 Å². The first-order chi connectivity index (χ1) is 7.10. The smallest absolute Gasteiger partial charge is 0.255 e. The highest BCUT2D eigenvalue weighted by atomic mass is 79.9. The summed E-state index contributed by atoms with van der Waals surface area (Å²) >= 11 is 8.14. The second-order valence-corrected chi connectivity index (χ2v) is 6.60. The van der Waals surface area contributed by atoms with E-state index < -0.39 is 0 Å². The number of hydrogen-bond donors (Lipinski definition) is 1. The van der Waals surface area contributed by atoms with Gasteiger partial charge in [0.25, 0.3) is 5.91 Å². The number of likely N-dealkylation sites (N-methyl/N-ethyl adjacent to an activating group) is 1. The van der Waals surface area contributed by atoms with Crippen LogP contribution in [0.2, 0.25) is 0 Å². The highest BCUT2D eigenvalue weighted by Crippen LogP contribution is 2.32. The van der Waals surface area contributed by atoms with E-state index in [0.717, 1.165) is 7.57 Å². The maximum atomic E-state index is 12.0. The van der Waals surface area contributed by atoms with Gasteiger partial charge in [-0.3, -0.25) is 4.79 Å². The first-order valence-electron chi connectivity index (χ1n) is 4.45. The number of thiophene rings is 1. The molecule has 0 aliphatic heterocycles. The van der Waals surface area contributed by atoms with E-state index >= 15 is 0 Å². The molecule has 0 bridgehead atoms. The molecule has 0 aromatic carbocycles. The summed E-state index contributed by atoms with van der Waals surface area (Å²) in [6, 6.07) is 1.79. The molecule has 1 N–H and O–H groups in total. The third kappa shape index (κ3) is 3.27. The molecular formula is C9H11Br2NO2S. The molecule has 0 aliphatic carbocycles. The molecule has 0 radical (unpaired) electrons. The van der Waals surface area contributed by atoms with Crippen LogP contribution in [0.5, 0.6) is 0 Å². The molecule has 1 amide bonds. The average Bonchev–Trinajstić information content (AvgIpc) is 2.53. The number of halogens is 2. The molecule has 1 aromatic heterocycles. The summed E-state index contributed by atoms with van der Waals surface area (Å²) in [5, 5.41) is 8.83. The summed E-state index contributed by atoms with van der Waals surface area (Å²) in [5.41, 5.74) is 0.641. The Morgan fingerprint density at radius 1 is 1.60 bits per heavy atom. The van der Waals surface area contributed by atoms with Crippen LogP contribution in [0.1, 0.15) is 17.3 Å². The lowest BCUT2D eigenvalue weighted by Crippen LogP contribution is -2.33. The zero-order chi connectivity index (χ0) is 11.4. The Labute approximate surface area is 109 Å². The number of carbonyl (C=O) groups is 1. The van der Waals surface area contributed by atoms with Gasteiger partial charge in [-0.25, -0.2) is 0 Å². The number of carbonyl (C=O) groups excluding carboxylic acids is 1.